The normalized spacial score (nSPS) is 18.5. The van der Waals surface area contributed by atoms with E-state index in [1.54, 1.807) is 0 Å². The topological polar surface area (TPSA) is 19.4 Å². The lowest BCUT2D eigenvalue weighted by atomic mass is 10.1. The van der Waals surface area contributed by atoms with Crippen molar-refractivity contribution in [1.82, 2.24) is 9.88 Å². The van der Waals surface area contributed by atoms with Gasteiger partial charge in [0, 0.05) is 32.4 Å². The molecular weight excluding hydrogens is 270 g/mol. The van der Waals surface area contributed by atoms with Crippen LogP contribution in [0.2, 0.25) is 0 Å². The molecule has 1 aromatic carbocycles. The molecule has 1 aliphatic heterocycles. The molecule has 1 aliphatic rings. The monoisotopic (exact) mass is 295 g/mol. The van der Waals surface area contributed by atoms with Crippen LogP contribution in [0.3, 0.4) is 0 Å². The zero-order valence-corrected chi connectivity index (χ0v) is 13.6. The molecule has 0 bridgehead atoms. The predicted molar refractivity (Wildman–Crippen MR) is 92.0 cm³/mol. The maximum Gasteiger partial charge on any atom is 0.128 e. The highest BCUT2D eigenvalue weighted by Crippen LogP contribution is 2.33. The molecule has 0 aliphatic carbocycles. The van der Waals surface area contributed by atoms with Gasteiger partial charge < -0.3 is 4.90 Å². The highest BCUT2D eigenvalue weighted by Gasteiger charge is 2.26. The van der Waals surface area contributed by atoms with Crippen LogP contribution in [0.1, 0.15) is 36.9 Å². The highest BCUT2D eigenvalue weighted by atomic mass is 15.2. The summed E-state index contributed by atoms with van der Waals surface area (Å²) in [6, 6.07) is 15.7. The number of pyridine rings is 1. The van der Waals surface area contributed by atoms with Crippen LogP contribution in [0.5, 0.6) is 0 Å². The quantitative estimate of drug-likeness (QED) is 0.834. The SMILES string of the molecule is CCN(C)c1ccc([C@H]2CCCN2Cc2ccccc2)cn1. The van der Waals surface area contributed by atoms with Crippen molar-refractivity contribution in [2.24, 2.45) is 0 Å². The Balaban J connectivity index is 1.72. The van der Waals surface area contributed by atoms with Gasteiger partial charge in [0.1, 0.15) is 5.82 Å². The summed E-state index contributed by atoms with van der Waals surface area (Å²) >= 11 is 0. The Morgan fingerprint density at radius 3 is 2.68 bits per heavy atom. The van der Waals surface area contributed by atoms with Gasteiger partial charge in [-0.05, 0) is 43.5 Å². The molecule has 2 aromatic rings. The van der Waals surface area contributed by atoms with Gasteiger partial charge in [-0.2, -0.15) is 0 Å². The Morgan fingerprint density at radius 2 is 2.00 bits per heavy atom. The Bertz CT molecular complexity index is 579. The van der Waals surface area contributed by atoms with Gasteiger partial charge in [0.05, 0.1) is 0 Å². The molecule has 0 spiro atoms. The zero-order valence-electron chi connectivity index (χ0n) is 13.6. The van der Waals surface area contributed by atoms with E-state index in [2.05, 4.69) is 77.4 Å². The minimum Gasteiger partial charge on any atom is -0.360 e. The van der Waals surface area contributed by atoms with E-state index in [-0.39, 0.29) is 0 Å². The molecule has 2 heterocycles. The number of hydrogen-bond acceptors (Lipinski definition) is 3. The molecule has 1 atom stereocenters. The first-order chi connectivity index (χ1) is 10.8. The number of nitrogens with zero attached hydrogens (tertiary/aromatic N) is 3. The molecule has 0 unspecified atom stereocenters. The Labute approximate surface area is 133 Å². The first-order valence-electron chi connectivity index (χ1n) is 8.23. The number of likely N-dealkylation sites (tertiary alicyclic amines) is 1. The van der Waals surface area contributed by atoms with Gasteiger partial charge in [-0.1, -0.05) is 36.4 Å². The van der Waals surface area contributed by atoms with Gasteiger partial charge in [-0.15, -0.1) is 0 Å². The number of rotatable bonds is 5. The minimum absolute atomic E-state index is 0.508. The molecule has 0 saturated carbocycles. The molecule has 1 saturated heterocycles. The molecule has 3 nitrogen and oxygen atoms in total. The lowest BCUT2D eigenvalue weighted by Crippen LogP contribution is -2.23. The summed E-state index contributed by atoms with van der Waals surface area (Å²) in [7, 11) is 2.08. The van der Waals surface area contributed by atoms with Gasteiger partial charge in [0.2, 0.25) is 0 Å². The number of aromatic nitrogens is 1. The molecule has 22 heavy (non-hydrogen) atoms. The predicted octanol–water partition coefficient (Wildman–Crippen LogP) is 3.87. The van der Waals surface area contributed by atoms with E-state index < -0.39 is 0 Å². The summed E-state index contributed by atoms with van der Waals surface area (Å²) in [4.78, 5) is 9.38. The fourth-order valence-electron chi connectivity index (χ4n) is 3.19. The third-order valence-electron chi connectivity index (χ3n) is 4.61. The van der Waals surface area contributed by atoms with Gasteiger partial charge >= 0.3 is 0 Å². The maximum atomic E-state index is 4.63. The first-order valence-corrected chi connectivity index (χ1v) is 8.23. The average molecular weight is 295 g/mol. The van der Waals surface area contributed by atoms with Crippen LogP contribution in [-0.4, -0.2) is 30.0 Å². The van der Waals surface area contributed by atoms with Crippen molar-refractivity contribution in [1.29, 1.82) is 0 Å². The molecule has 3 rings (SSSR count). The average Bonchev–Trinajstić information content (AvgIpc) is 3.03. The minimum atomic E-state index is 0.508. The fourth-order valence-corrected chi connectivity index (χ4v) is 3.19. The molecule has 0 radical (unpaired) electrons. The second-order valence-electron chi connectivity index (χ2n) is 6.08. The van der Waals surface area contributed by atoms with E-state index in [1.165, 1.54) is 30.5 Å². The Morgan fingerprint density at radius 1 is 1.18 bits per heavy atom. The standard InChI is InChI=1S/C19H25N3/c1-3-21(2)19-12-11-17(14-20-19)18-10-7-13-22(18)15-16-8-5-4-6-9-16/h4-6,8-9,11-12,14,18H,3,7,10,13,15H2,1-2H3/t18-/m1/s1. The van der Waals surface area contributed by atoms with Crippen LogP contribution < -0.4 is 4.90 Å². The van der Waals surface area contributed by atoms with Crippen molar-refractivity contribution in [3.63, 3.8) is 0 Å². The van der Waals surface area contributed by atoms with Gasteiger partial charge in [-0.25, -0.2) is 4.98 Å². The second kappa shape index (κ2) is 6.93. The number of anilines is 1. The van der Waals surface area contributed by atoms with Crippen LogP contribution in [0, 0.1) is 0 Å². The van der Waals surface area contributed by atoms with Crippen molar-refractivity contribution >= 4 is 5.82 Å². The molecule has 0 amide bonds. The third kappa shape index (κ3) is 3.30. The smallest absolute Gasteiger partial charge is 0.128 e. The molecule has 1 aromatic heterocycles. The van der Waals surface area contributed by atoms with Crippen molar-refractivity contribution in [2.45, 2.75) is 32.4 Å². The van der Waals surface area contributed by atoms with Crippen molar-refractivity contribution in [3.05, 3.63) is 59.8 Å². The van der Waals surface area contributed by atoms with Gasteiger partial charge in [0.25, 0.3) is 0 Å². The van der Waals surface area contributed by atoms with Gasteiger partial charge in [0.15, 0.2) is 0 Å². The van der Waals surface area contributed by atoms with Crippen LogP contribution in [-0.2, 0) is 6.54 Å². The molecule has 0 N–H and O–H groups in total. The summed E-state index contributed by atoms with van der Waals surface area (Å²) in [5.74, 6) is 1.05. The third-order valence-corrected chi connectivity index (χ3v) is 4.61. The van der Waals surface area contributed by atoms with Crippen molar-refractivity contribution < 1.29 is 0 Å². The van der Waals surface area contributed by atoms with Crippen LogP contribution >= 0.6 is 0 Å². The highest BCUT2D eigenvalue weighted by molar-refractivity contribution is 5.38. The fraction of sp³-hybridized carbons (Fsp3) is 0.421. The van der Waals surface area contributed by atoms with E-state index >= 15 is 0 Å². The van der Waals surface area contributed by atoms with Crippen molar-refractivity contribution in [2.75, 3.05) is 25.0 Å². The summed E-state index contributed by atoms with van der Waals surface area (Å²) in [5.41, 5.74) is 2.74. The number of hydrogen-bond donors (Lipinski definition) is 0. The number of benzene rings is 1. The lowest BCUT2D eigenvalue weighted by molar-refractivity contribution is 0.248. The molecule has 1 fully saturated rings. The van der Waals surface area contributed by atoms with E-state index in [9.17, 15) is 0 Å². The van der Waals surface area contributed by atoms with Crippen LogP contribution in [0.4, 0.5) is 5.82 Å². The molecule has 3 heteroatoms. The Kier molecular flexibility index (Phi) is 4.74. The second-order valence-corrected chi connectivity index (χ2v) is 6.08. The van der Waals surface area contributed by atoms with E-state index in [4.69, 9.17) is 0 Å². The van der Waals surface area contributed by atoms with E-state index in [0.29, 0.717) is 6.04 Å². The Hall–Kier alpha value is -1.87. The maximum absolute atomic E-state index is 4.63. The van der Waals surface area contributed by atoms with Crippen LogP contribution in [0.15, 0.2) is 48.7 Å². The van der Waals surface area contributed by atoms with Gasteiger partial charge in [-0.3, -0.25) is 4.90 Å². The molecular formula is C19H25N3. The zero-order chi connectivity index (χ0) is 15.4. The van der Waals surface area contributed by atoms with E-state index in [1.807, 2.05) is 0 Å². The van der Waals surface area contributed by atoms with E-state index in [0.717, 1.165) is 18.9 Å². The summed E-state index contributed by atoms with van der Waals surface area (Å²) in [6.07, 6.45) is 4.57. The lowest BCUT2D eigenvalue weighted by Gasteiger charge is -2.25. The first kappa shape index (κ1) is 15.0. The molecule has 116 valence electrons. The summed E-state index contributed by atoms with van der Waals surface area (Å²) < 4.78 is 0. The van der Waals surface area contributed by atoms with Crippen molar-refractivity contribution in [3.8, 4) is 0 Å². The summed E-state index contributed by atoms with van der Waals surface area (Å²) in [6.45, 7) is 5.34. The van der Waals surface area contributed by atoms with Crippen LogP contribution in [0.25, 0.3) is 0 Å². The largest absolute Gasteiger partial charge is 0.360 e. The summed E-state index contributed by atoms with van der Waals surface area (Å²) in [5, 5.41) is 0.